The Hall–Kier alpha value is -2.40. The molecule has 1 aromatic heterocycles. The Morgan fingerprint density at radius 2 is 1.86 bits per heavy atom. The number of nitrogens with zero attached hydrogens (tertiary/aromatic N) is 2. The highest BCUT2D eigenvalue weighted by atomic mass is 35.5. The van der Waals surface area contributed by atoms with Gasteiger partial charge < -0.3 is 4.74 Å². The van der Waals surface area contributed by atoms with Gasteiger partial charge in [-0.2, -0.15) is 0 Å². The number of halogens is 1. The van der Waals surface area contributed by atoms with Crippen molar-refractivity contribution in [3.05, 3.63) is 59.4 Å². The Morgan fingerprint density at radius 1 is 1.09 bits per heavy atom. The molecular weight excluding hydrogens is 304 g/mol. The smallest absolute Gasteiger partial charge is 0.261 e. The van der Waals surface area contributed by atoms with Crippen LogP contribution in [0, 0.1) is 0 Å². The van der Waals surface area contributed by atoms with Gasteiger partial charge in [-0.15, -0.1) is 12.4 Å². The van der Waals surface area contributed by atoms with Gasteiger partial charge in [-0.3, -0.25) is 19.5 Å². The number of methoxy groups -OCH3 is 1. The van der Waals surface area contributed by atoms with Gasteiger partial charge in [0.25, 0.3) is 11.8 Å². The van der Waals surface area contributed by atoms with Crippen LogP contribution in [-0.4, -0.2) is 35.4 Å². The molecule has 1 aromatic carbocycles. The van der Waals surface area contributed by atoms with Gasteiger partial charge in [0, 0.05) is 24.9 Å². The number of rotatable bonds is 4. The molecule has 22 heavy (non-hydrogen) atoms. The lowest BCUT2D eigenvalue weighted by Crippen LogP contribution is -2.31. The lowest BCUT2D eigenvalue weighted by molar-refractivity contribution is 0.0656. The molecule has 114 valence electrons. The highest BCUT2D eigenvalue weighted by molar-refractivity contribution is 6.21. The molecule has 0 atom stereocenters. The number of pyridine rings is 1. The van der Waals surface area contributed by atoms with Crippen LogP contribution in [0.25, 0.3) is 0 Å². The summed E-state index contributed by atoms with van der Waals surface area (Å²) in [5.74, 6) is 0.0416. The second kappa shape index (κ2) is 6.58. The van der Waals surface area contributed by atoms with Crippen molar-refractivity contribution in [1.29, 1.82) is 0 Å². The van der Waals surface area contributed by atoms with E-state index < -0.39 is 0 Å². The number of carbonyl (C=O) groups is 2. The summed E-state index contributed by atoms with van der Waals surface area (Å²) in [5.41, 5.74) is 1.69. The number of benzene rings is 1. The molecular formula is C16H15ClN2O3. The fourth-order valence-electron chi connectivity index (χ4n) is 2.37. The molecule has 1 aliphatic heterocycles. The Bertz CT molecular complexity index is 704. The van der Waals surface area contributed by atoms with E-state index in [0.717, 1.165) is 5.69 Å². The Labute approximate surface area is 134 Å². The van der Waals surface area contributed by atoms with E-state index in [4.69, 9.17) is 4.74 Å². The van der Waals surface area contributed by atoms with Crippen LogP contribution in [0.2, 0.25) is 0 Å². The number of ether oxygens (including phenoxy) is 1. The van der Waals surface area contributed by atoms with Gasteiger partial charge in [0.15, 0.2) is 0 Å². The van der Waals surface area contributed by atoms with Crippen molar-refractivity contribution in [2.45, 2.75) is 6.42 Å². The maximum Gasteiger partial charge on any atom is 0.261 e. The molecule has 5 nitrogen and oxygen atoms in total. The van der Waals surface area contributed by atoms with Crippen molar-refractivity contribution < 1.29 is 14.3 Å². The first-order valence-corrected chi connectivity index (χ1v) is 6.65. The summed E-state index contributed by atoms with van der Waals surface area (Å²) >= 11 is 0. The average Bonchev–Trinajstić information content (AvgIpc) is 2.77. The van der Waals surface area contributed by atoms with Crippen molar-refractivity contribution in [2.24, 2.45) is 0 Å². The van der Waals surface area contributed by atoms with Crippen molar-refractivity contribution in [3.63, 3.8) is 0 Å². The molecule has 2 aromatic rings. The average molecular weight is 319 g/mol. The maximum atomic E-state index is 12.3. The van der Waals surface area contributed by atoms with Crippen LogP contribution in [0.4, 0.5) is 0 Å². The maximum absolute atomic E-state index is 12.3. The summed E-state index contributed by atoms with van der Waals surface area (Å²) in [5, 5.41) is 0. The number of fused-ring (bicyclic) bond motifs is 1. The Morgan fingerprint density at radius 3 is 2.55 bits per heavy atom. The zero-order chi connectivity index (χ0) is 14.8. The number of aromatic nitrogens is 1. The molecule has 2 amide bonds. The first-order valence-electron chi connectivity index (χ1n) is 6.65. The summed E-state index contributed by atoms with van der Waals surface area (Å²) < 4.78 is 5.10. The van der Waals surface area contributed by atoms with E-state index in [2.05, 4.69) is 4.98 Å². The molecule has 0 unspecified atom stereocenters. The molecule has 1 aliphatic rings. The molecule has 0 aliphatic carbocycles. The van der Waals surface area contributed by atoms with Gasteiger partial charge in [0.05, 0.1) is 18.2 Å². The SMILES string of the molecule is COc1ccc2c(c1)C(=O)N(CCc1ccccn1)C2=O.Cl. The van der Waals surface area contributed by atoms with E-state index in [1.807, 2.05) is 18.2 Å². The van der Waals surface area contributed by atoms with Crippen LogP contribution >= 0.6 is 12.4 Å². The Balaban J connectivity index is 0.00000176. The second-order valence-electron chi connectivity index (χ2n) is 4.74. The zero-order valence-electron chi connectivity index (χ0n) is 12.0. The molecule has 0 saturated carbocycles. The van der Waals surface area contributed by atoms with Crippen molar-refractivity contribution in [3.8, 4) is 5.75 Å². The molecule has 2 heterocycles. The third-order valence-corrected chi connectivity index (χ3v) is 3.50. The summed E-state index contributed by atoms with van der Waals surface area (Å²) in [6.45, 7) is 0.325. The number of carbonyl (C=O) groups excluding carboxylic acids is 2. The van der Waals surface area contributed by atoms with Gasteiger partial charge in [-0.25, -0.2) is 0 Å². The monoisotopic (exact) mass is 318 g/mol. The van der Waals surface area contributed by atoms with E-state index in [1.165, 1.54) is 12.0 Å². The van der Waals surface area contributed by atoms with Gasteiger partial charge in [0.2, 0.25) is 0 Å². The summed E-state index contributed by atoms with van der Waals surface area (Å²) in [7, 11) is 1.53. The van der Waals surface area contributed by atoms with Gasteiger partial charge in [0.1, 0.15) is 5.75 Å². The third-order valence-electron chi connectivity index (χ3n) is 3.50. The van der Waals surface area contributed by atoms with E-state index in [-0.39, 0.29) is 24.2 Å². The first-order chi connectivity index (χ1) is 10.2. The summed E-state index contributed by atoms with van der Waals surface area (Å²) in [6, 6.07) is 10.5. The lowest BCUT2D eigenvalue weighted by atomic mass is 10.1. The number of hydrogen-bond donors (Lipinski definition) is 0. The molecule has 0 radical (unpaired) electrons. The highest BCUT2D eigenvalue weighted by Gasteiger charge is 2.35. The molecule has 0 fully saturated rings. The van der Waals surface area contributed by atoms with Crippen LogP contribution in [0.1, 0.15) is 26.4 Å². The van der Waals surface area contributed by atoms with E-state index >= 15 is 0 Å². The molecule has 0 saturated heterocycles. The van der Waals surface area contributed by atoms with Crippen LogP contribution in [0.15, 0.2) is 42.6 Å². The van der Waals surface area contributed by atoms with Crippen molar-refractivity contribution >= 4 is 24.2 Å². The third kappa shape index (κ3) is 2.80. The van der Waals surface area contributed by atoms with Gasteiger partial charge >= 0.3 is 0 Å². The van der Waals surface area contributed by atoms with E-state index in [9.17, 15) is 9.59 Å². The lowest BCUT2D eigenvalue weighted by Gasteiger charge is -2.13. The topological polar surface area (TPSA) is 59.5 Å². The predicted octanol–water partition coefficient (Wildman–Crippen LogP) is 2.35. The van der Waals surface area contributed by atoms with Crippen LogP contribution < -0.4 is 4.74 Å². The molecule has 0 N–H and O–H groups in total. The van der Waals surface area contributed by atoms with Crippen LogP contribution in [0.3, 0.4) is 0 Å². The van der Waals surface area contributed by atoms with Crippen LogP contribution in [0.5, 0.6) is 5.75 Å². The minimum atomic E-state index is -0.273. The molecule has 3 rings (SSSR count). The summed E-state index contributed by atoms with van der Waals surface area (Å²) in [6.07, 6.45) is 2.24. The summed E-state index contributed by atoms with van der Waals surface area (Å²) in [4.78, 5) is 30.1. The molecule has 0 bridgehead atoms. The minimum Gasteiger partial charge on any atom is -0.497 e. The van der Waals surface area contributed by atoms with Crippen LogP contribution in [-0.2, 0) is 6.42 Å². The van der Waals surface area contributed by atoms with E-state index in [1.54, 1.807) is 24.4 Å². The second-order valence-corrected chi connectivity index (χ2v) is 4.74. The number of amides is 2. The van der Waals surface area contributed by atoms with Crippen molar-refractivity contribution in [2.75, 3.05) is 13.7 Å². The largest absolute Gasteiger partial charge is 0.497 e. The van der Waals surface area contributed by atoms with E-state index in [0.29, 0.717) is 29.8 Å². The fourth-order valence-corrected chi connectivity index (χ4v) is 2.37. The standard InChI is InChI=1S/C16H14N2O3.ClH/c1-21-12-5-6-13-14(10-12)16(20)18(15(13)19)9-7-11-4-2-3-8-17-11;/h2-6,8,10H,7,9H2,1H3;1H. The number of hydrogen-bond acceptors (Lipinski definition) is 4. The highest BCUT2D eigenvalue weighted by Crippen LogP contribution is 2.26. The van der Waals surface area contributed by atoms with Gasteiger partial charge in [-0.05, 0) is 30.3 Å². The van der Waals surface area contributed by atoms with Crippen molar-refractivity contribution in [1.82, 2.24) is 9.88 Å². The van der Waals surface area contributed by atoms with Gasteiger partial charge in [-0.1, -0.05) is 6.07 Å². The molecule has 6 heteroatoms. The minimum absolute atomic E-state index is 0. The zero-order valence-corrected chi connectivity index (χ0v) is 12.8. The Kier molecular flexibility index (Phi) is 4.78. The first kappa shape index (κ1) is 16.0. The normalized spacial score (nSPS) is 12.9. The quantitative estimate of drug-likeness (QED) is 0.812. The fraction of sp³-hybridized carbons (Fsp3) is 0.188. The molecule has 0 spiro atoms. The number of imide groups is 1. The predicted molar refractivity (Wildman–Crippen MR) is 83.6 cm³/mol.